The van der Waals surface area contributed by atoms with Crippen molar-refractivity contribution < 1.29 is 9.53 Å². The number of aromatic nitrogens is 5. The first-order valence-electron chi connectivity index (χ1n) is 13.2. The van der Waals surface area contributed by atoms with Crippen molar-refractivity contribution in [1.29, 1.82) is 5.26 Å². The fourth-order valence-electron chi connectivity index (χ4n) is 6.73. The van der Waals surface area contributed by atoms with E-state index in [0.717, 1.165) is 52.9 Å². The van der Waals surface area contributed by atoms with E-state index in [0.29, 0.717) is 12.0 Å². The lowest BCUT2D eigenvalue weighted by Gasteiger charge is -2.54. The van der Waals surface area contributed by atoms with Gasteiger partial charge in [-0.3, -0.25) is 4.68 Å². The van der Waals surface area contributed by atoms with Gasteiger partial charge in [-0.15, -0.1) is 0 Å². The van der Waals surface area contributed by atoms with Crippen LogP contribution in [0.15, 0.2) is 49.2 Å². The van der Waals surface area contributed by atoms with Crippen LogP contribution in [0.2, 0.25) is 0 Å². The minimum absolute atomic E-state index is 0.0781. The van der Waals surface area contributed by atoms with Crippen LogP contribution in [0.4, 0.5) is 10.6 Å². The van der Waals surface area contributed by atoms with Crippen LogP contribution >= 0.6 is 0 Å². The van der Waals surface area contributed by atoms with Gasteiger partial charge in [-0.2, -0.15) is 15.5 Å². The summed E-state index contributed by atoms with van der Waals surface area (Å²) in [5.74, 6) is 0.905. The molecule has 0 saturated carbocycles. The summed E-state index contributed by atoms with van der Waals surface area (Å²) in [6.45, 7) is 6.73. The Labute approximate surface area is 227 Å². The summed E-state index contributed by atoms with van der Waals surface area (Å²) < 4.78 is 9.02. The van der Waals surface area contributed by atoms with Crippen LogP contribution in [0.25, 0.3) is 27.8 Å². The number of aryl methyl sites for hydroxylation is 1. The molecule has 2 saturated heterocycles. The van der Waals surface area contributed by atoms with E-state index < -0.39 is 6.09 Å². The molecular formula is C29H32N8O2. The number of anilines is 1. The number of nitrogens with zero attached hydrogens (tertiary/aromatic N) is 7. The lowest BCUT2D eigenvalue weighted by molar-refractivity contribution is 0.0350. The third kappa shape index (κ3) is 4.00. The Morgan fingerprint density at radius 3 is 2.62 bits per heavy atom. The molecule has 200 valence electrons. The van der Waals surface area contributed by atoms with E-state index >= 15 is 0 Å². The van der Waals surface area contributed by atoms with Crippen molar-refractivity contribution in [3.05, 3.63) is 54.7 Å². The van der Waals surface area contributed by atoms with Crippen molar-refractivity contribution in [1.82, 2.24) is 24.4 Å². The fraction of sp³-hybridized carbons (Fsp3) is 0.414. The average molecular weight is 525 g/mol. The molecule has 2 aliphatic rings. The highest BCUT2D eigenvalue weighted by molar-refractivity contribution is 5.87. The minimum atomic E-state index is -0.712. The maximum atomic E-state index is 11.6. The highest BCUT2D eigenvalue weighted by Gasteiger charge is 2.58. The molecule has 2 fully saturated rings. The molecule has 0 aromatic carbocycles. The third-order valence-electron chi connectivity index (χ3n) is 8.57. The molecule has 2 N–H and O–H groups in total. The Morgan fingerprint density at radius 2 is 1.97 bits per heavy atom. The fourth-order valence-corrected chi connectivity index (χ4v) is 6.73. The molecular weight excluding hydrogens is 492 g/mol. The van der Waals surface area contributed by atoms with Gasteiger partial charge in [0.25, 0.3) is 0 Å². The predicted molar refractivity (Wildman–Crippen MR) is 147 cm³/mol. The molecule has 1 amide bonds. The summed E-state index contributed by atoms with van der Waals surface area (Å²) in [6.07, 6.45) is 11.7. The number of amides is 1. The van der Waals surface area contributed by atoms with Gasteiger partial charge in [0.05, 0.1) is 29.0 Å². The molecule has 0 radical (unpaired) electrons. The van der Waals surface area contributed by atoms with E-state index in [2.05, 4.69) is 60.1 Å². The van der Waals surface area contributed by atoms with E-state index in [4.69, 9.17) is 15.5 Å². The van der Waals surface area contributed by atoms with Gasteiger partial charge in [0.2, 0.25) is 0 Å². The first kappa shape index (κ1) is 24.9. The molecule has 2 bridgehead atoms. The van der Waals surface area contributed by atoms with Gasteiger partial charge in [-0.05, 0) is 36.5 Å². The predicted octanol–water partition coefficient (Wildman–Crippen LogP) is 4.68. The number of nitrogens with two attached hydrogens (primary N) is 1. The number of nitriles is 1. The van der Waals surface area contributed by atoms with E-state index in [-0.39, 0.29) is 23.1 Å². The zero-order chi connectivity index (χ0) is 27.5. The smallest absolute Gasteiger partial charge is 0.404 e. The second-order valence-electron chi connectivity index (χ2n) is 11.8. The number of fused-ring (bicyclic) bond motifs is 3. The molecule has 0 aliphatic carbocycles. The number of primary amides is 1. The second kappa shape index (κ2) is 8.83. The van der Waals surface area contributed by atoms with Crippen molar-refractivity contribution >= 4 is 17.4 Å². The van der Waals surface area contributed by atoms with Gasteiger partial charge in [-0.25, -0.2) is 14.3 Å². The zero-order valence-corrected chi connectivity index (χ0v) is 22.6. The van der Waals surface area contributed by atoms with Crippen molar-refractivity contribution in [3.8, 4) is 28.3 Å². The number of rotatable bonds is 4. The van der Waals surface area contributed by atoms with E-state index in [1.54, 1.807) is 15.4 Å². The van der Waals surface area contributed by atoms with Crippen molar-refractivity contribution in [2.24, 2.45) is 18.2 Å². The normalized spacial score (nSPS) is 22.7. The van der Waals surface area contributed by atoms with Crippen LogP contribution in [0, 0.1) is 16.7 Å². The first-order valence-corrected chi connectivity index (χ1v) is 13.2. The van der Waals surface area contributed by atoms with E-state index in [9.17, 15) is 10.1 Å². The highest BCUT2D eigenvalue weighted by atomic mass is 16.6. The summed E-state index contributed by atoms with van der Waals surface area (Å²) in [6, 6.07) is 8.69. The maximum absolute atomic E-state index is 11.6. The number of hydrogen-bond donors (Lipinski definition) is 1. The first-order chi connectivity index (χ1) is 18.6. The van der Waals surface area contributed by atoms with Crippen molar-refractivity contribution in [2.45, 2.75) is 64.1 Å². The molecule has 2 aliphatic heterocycles. The Balaban J connectivity index is 1.42. The zero-order valence-electron chi connectivity index (χ0n) is 22.6. The molecule has 0 spiro atoms. The molecule has 4 aromatic rings. The van der Waals surface area contributed by atoms with Crippen LogP contribution in [-0.2, 0) is 11.8 Å². The van der Waals surface area contributed by atoms with Crippen LogP contribution in [0.1, 0.15) is 52.0 Å². The lowest BCUT2D eigenvalue weighted by Crippen LogP contribution is -2.61. The van der Waals surface area contributed by atoms with Gasteiger partial charge >= 0.3 is 6.09 Å². The number of carbonyl (C=O) groups is 1. The average Bonchev–Trinajstić information content (AvgIpc) is 3.57. The van der Waals surface area contributed by atoms with E-state index in [1.165, 1.54) is 0 Å². The van der Waals surface area contributed by atoms with Gasteiger partial charge in [0, 0.05) is 66.8 Å². The molecule has 4 aromatic heterocycles. The number of pyridine rings is 2. The van der Waals surface area contributed by atoms with Crippen LogP contribution < -0.4 is 10.6 Å². The SMILES string of the molecule is Cn1cc(-c2cc(-c3ccc(N4[C@H]5CC[C@]4(C(C)(C)C)C[C@H](OC(N)=O)C5)nc3)c3c(C#N)cnn3c2)cn1. The number of piperidine rings is 1. The summed E-state index contributed by atoms with van der Waals surface area (Å²) in [7, 11) is 1.88. The van der Waals surface area contributed by atoms with Gasteiger partial charge in [0.15, 0.2) is 0 Å². The van der Waals surface area contributed by atoms with Crippen LogP contribution in [0.5, 0.6) is 0 Å². The molecule has 10 nitrogen and oxygen atoms in total. The largest absolute Gasteiger partial charge is 0.446 e. The summed E-state index contributed by atoms with van der Waals surface area (Å²) >= 11 is 0. The number of hydrogen-bond acceptors (Lipinski definition) is 7. The van der Waals surface area contributed by atoms with Crippen molar-refractivity contribution in [3.63, 3.8) is 0 Å². The molecule has 0 unspecified atom stereocenters. The molecule has 10 heteroatoms. The quantitative estimate of drug-likeness (QED) is 0.411. The highest BCUT2D eigenvalue weighted by Crippen LogP contribution is 2.55. The summed E-state index contributed by atoms with van der Waals surface area (Å²) in [5.41, 5.74) is 10.0. The topological polar surface area (TPSA) is 127 Å². The number of ether oxygens (including phenoxy) is 1. The Kier molecular flexibility index (Phi) is 5.64. The summed E-state index contributed by atoms with van der Waals surface area (Å²) in [5, 5.41) is 18.5. The van der Waals surface area contributed by atoms with Gasteiger partial charge < -0.3 is 15.4 Å². The molecule has 3 atom stereocenters. The van der Waals surface area contributed by atoms with Gasteiger partial charge in [-0.1, -0.05) is 20.8 Å². The standard InChI is InChI=1S/C29H32N8O2/c1-28(2,3)29-8-7-22(10-23(11-29)39-27(31)38)37(29)25-6-5-18(13-32-25)24-9-19(21-15-33-35(4)16-21)17-36-26(24)20(12-30)14-34-36/h5-6,9,13-17,22-23H,7-8,10-11H2,1-4H3,(H2,31,38)/t22-,23+,29+/m0/s1. The third-order valence-corrected chi connectivity index (χ3v) is 8.57. The number of carbonyl (C=O) groups excluding carboxylic acids is 1. The molecule has 6 heterocycles. The van der Waals surface area contributed by atoms with E-state index in [1.807, 2.05) is 31.8 Å². The minimum Gasteiger partial charge on any atom is -0.446 e. The Bertz CT molecular complexity index is 1610. The lowest BCUT2D eigenvalue weighted by atomic mass is 9.68. The Morgan fingerprint density at radius 1 is 1.15 bits per heavy atom. The maximum Gasteiger partial charge on any atom is 0.404 e. The monoisotopic (exact) mass is 524 g/mol. The molecule has 6 rings (SSSR count). The second-order valence-corrected chi connectivity index (χ2v) is 11.8. The van der Waals surface area contributed by atoms with Gasteiger partial charge in [0.1, 0.15) is 18.0 Å². The molecule has 39 heavy (non-hydrogen) atoms. The van der Waals surface area contributed by atoms with Crippen LogP contribution in [0.3, 0.4) is 0 Å². The Hall–Kier alpha value is -4.39. The van der Waals surface area contributed by atoms with Crippen molar-refractivity contribution in [2.75, 3.05) is 4.90 Å². The summed E-state index contributed by atoms with van der Waals surface area (Å²) in [4.78, 5) is 19.0. The van der Waals surface area contributed by atoms with Crippen LogP contribution in [-0.4, -0.2) is 48.2 Å².